The minimum atomic E-state index is 0.219. The summed E-state index contributed by atoms with van der Waals surface area (Å²) in [5.74, 6) is 1.46. The van der Waals surface area contributed by atoms with Crippen molar-refractivity contribution in [2.45, 2.75) is 24.4 Å². The Morgan fingerprint density at radius 3 is 2.67 bits per heavy atom. The Balaban J connectivity index is 1.79. The summed E-state index contributed by atoms with van der Waals surface area (Å²) in [4.78, 5) is 2.43. The highest BCUT2D eigenvalue weighted by Gasteiger charge is 2.38. The van der Waals surface area contributed by atoms with Crippen LogP contribution in [0.3, 0.4) is 0 Å². The van der Waals surface area contributed by atoms with E-state index in [0.717, 1.165) is 24.5 Å². The van der Waals surface area contributed by atoms with Crippen molar-refractivity contribution in [1.29, 1.82) is 0 Å². The molecule has 0 spiro atoms. The van der Waals surface area contributed by atoms with E-state index in [1.807, 2.05) is 12.1 Å². The summed E-state index contributed by atoms with van der Waals surface area (Å²) in [6.45, 7) is 2.23. The smallest absolute Gasteiger partial charge is 0.119 e. The Hall–Kier alpha value is -2.04. The van der Waals surface area contributed by atoms with Crippen molar-refractivity contribution in [3.8, 4) is 5.75 Å². The van der Waals surface area contributed by atoms with Crippen molar-refractivity contribution in [2.75, 3.05) is 33.0 Å². The predicted molar refractivity (Wildman–Crippen MR) is 97.5 cm³/mol. The summed E-state index contributed by atoms with van der Waals surface area (Å²) >= 11 is 0. The standard InChI is InChI=1S/C20H25N3O/c1-23-10-9-19-18(12-23)17-11-15(24-2)7-8-16(17)20(22-19)13-3-5-14(21)6-4-13/h3-8,11,18-20,22H,9-10,12,21H2,1-2H3. The van der Waals surface area contributed by atoms with Gasteiger partial charge < -0.3 is 20.7 Å². The molecule has 4 heteroatoms. The number of nitrogen functional groups attached to an aromatic ring is 1. The second kappa shape index (κ2) is 6.11. The monoisotopic (exact) mass is 323 g/mol. The Labute approximate surface area is 143 Å². The first-order valence-corrected chi connectivity index (χ1v) is 8.63. The first kappa shape index (κ1) is 15.5. The van der Waals surface area contributed by atoms with Gasteiger partial charge in [-0.3, -0.25) is 0 Å². The fourth-order valence-corrected chi connectivity index (χ4v) is 4.16. The van der Waals surface area contributed by atoms with Gasteiger partial charge in [0.2, 0.25) is 0 Å². The van der Waals surface area contributed by atoms with Crippen molar-refractivity contribution in [3.63, 3.8) is 0 Å². The van der Waals surface area contributed by atoms with Crippen LogP contribution in [0, 0.1) is 0 Å². The molecule has 0 amide bonds. The van der Waals surface area contributed by atoms with E-state index in [4.69, 9.17) is 10.5 Å². The van der Waals surface area contributed by atoms with Crippen molar-refractivity contribution in [3.05, 3.63) is 59.2 Å². The molecule has 4 rings (SSSR count). The van der Waals surface area contributed by atoms with E-state index >= 15 is 0 Å². The third kappa shape index (κ3) is 2.66. The zero-order valence-corrected chi connectivity index (χ0v) is 14.3. The maximum atomic E-state index is 5.87. The number of methoxy groups -OCH3 is 1. The zero-order chi connectivity index (χ0) is 16.7. The number of ether oxygens (including phenoxy) is 1. The van der Waals surface area contributed by atoms with Gasteiger partial charge in [-0.1, -0.05) is 18.2 Å². The molecule has 3 unspecified atom stereocenters. The molecular formula is C20H25N3O. The molecule has 2 aliphatic rings. The fourth-order valence-electron chi connectivity index (χ4n) is 4.16. The van der Waals surface area contributed by atoms with Crippen molar-refractivity contribution in [2.24, 2.45) is 0 Å². The van der Waals surface area contributed by atoms with Crippen molar-refractivity contribution >= 4 is 5.69 Å². The number of likely N-dealkylation sites (N-methyl/N-ethyl adjacent to an activating group) is 1. The van der Waals surface area contributed by atoms with Gasteiger partial charge in [0.15, 0.2) is 0 Å². The van der Waals surface area contributed by atoms with Gasteiger partial charge in [-0.2, -0.15) is 0 Å². The minimum absolute atomic E-state index is 0.219. The number of rotatable bonds is 2. The summed E-state index contributed by atoms with van der Waals surface area (Å²) < 4.78 is 5.49. The lowest BCUT2D eigenvalue weighted by Gasteiger charge is -2.45. The normalized spacial score (nSPS) is 26.5. The van der Waals surface area contributed by atoms with Gasteiger partial charge in [0.1, 0.15) is 5.75 Å². The van der Waals surface area contributed by atoms with Gasteiger partial charge in [-0.15, -0.1) is 0 Å². The lowest BCUT2D eigenvalue weighted by atomic mass is 9.76. The van der Waals surface area contributed by atoms with Crippen molar-refractivity contribution < 1.29 is 4.74 Å². The number of nitrogens with one attached hydrogen (secondary N) is 1. The van der Waals surface area contributed by atoms with Crippen LogP contribution in [0.2, 0.25) is 0 Å². The Morgan fingerprint density at radius 1 is 1.12 bits per heavy atom. The van der Waals surface area contributed by atoms with E-state index in [9.17, 15) is 0 Å². The number of fused-ring (bicyclic) bond motifs is 3. The average molecular weight is 323 g/mol. The summed E-state index contributed by atoms with van der Waals surface area (Å²) in [5, 5.41) is 3.90. The van der Waals surface area contributed by atoms with Crippen LogP contribution in [0.4, 0.5) is 5.69 Å². The number of benzene rings is 2. The summed E-state index contributed by atoms with van der Waals surface area (Å²) in [6.07, 6.45) is 1.17. The lowest BCUT2D eigenvalue weighted by Crippen LogP contribution is -2.51. The van der Waals surface area contributed by atoms with Gasteiger partial charge in [0, 0.05) is 24.2 Å². The maximum Gasteiger partial charge on any atom is 0.119 e. The number of nitrogens with zero attached hydrogens (tertiary/aromatic N) is 1. The van der Waals surface area contributed by atoms with Crippen LogP contribution in [0.1, 0.15) is 35.1 Å². The van der Waals surface area contributed by atoms with Crippen LogP contribution in [-0.2, 0) is 0 Å². The molecule has 0 bridgehead atoms. The molecule has 0 saturated carbocycles. The number of hydrogen-bond acceptors (Lipinski definition) is 4. The van der Waals surface area contributed by atoms with Crippen LogP contribution in [-0.4, -0.2) is 38.2 Å². The van der Waals surface area contributed by atoms with Gasteiger partial charge in [0.25, 0.3) is 0 Å². The van der Waals surface area contributed by atoms with E-state index in [0.29, 0.717) is 12.0 Å². The van der Waals surface area contributed by atoms with E-state index in [1.54, 1.807) is 7.11 Å². The molecule has 0 radical (unpaired) electrons. The number of nitrogens with two attached hydrogens (primary N) is 1. The van der Waals surface area contributed by atoms with E-state index in [2.05, 4.69) is 47.6 Å². The van der Waals surface area contributed by atoms with E-state index in [-0.39, 0.29) is 6.04 Å². The average Bonchev–Trinajstić information content (AvgIpc) is 2.61. The molecule has 2 aromatic rings. The molecule has 0 aromatic heterocycles. The van der Waals surface area contributed by atoms with Gasteiger partial charge in [-0.05, 0) is 61.0 Å². The number of anilines is 1. The first-order valence-electron chi connectivity index (χ1n) is 8.63. The quantitative estimate of drug-likeness (QED) is 0.835. The number of hydrogen-bond donors (Lipinski definition) is 2. The Bertz CT molecular complexity index is 728. The molecule has 3 atom stereocenters. The molecule has 1 fully saturated rings. The Morgan fingerprint density at radius 2 is 1.92 bits per heavy atom. The maximum absolute atomic E-state index is 5.87. The predicted octanol–water partition coefficient (Wildman–Crippen LogP) is 2.76. The topological polar surface area (TPSA) is 50.5 Å². The molecule has 2 aromatic carbocycles. The Kier molecular flexibility index (Phi) is 3.94. The van der Waals surface area contributed by atoms with Gasteiger partial charge in [-0.25, -0.2) is 0 Å². The third-order valence-electron chi connectivity index (χ3n) is 5.47. The highest BCUT2D eigenvalue weighted by molar-refractivity contribution is 5.49. The van der Waals surface area contributed by atoms with Crippen LogP contribution in [0.5, 0.6) is 5.75 Å². The van der Waals surface area contributed by atoms with E-state index < -0.39 is 0 Å². The van der Waals surface area contributed by atoms with E-state index in [1.165, 1.54) is 23.1 Å². The number of piperidine rings is 1. The largest absolute Gasteiger partial charge is 0.497 e. The molecule has 4 nitrogen and oxygen atoms in total. The summed E-state index contributed by atoms with van der Waals surface area (Å²) in [5.41, 5.74) is 10.7. The second-order valence-corrected chi connectivity index (χ2v) is 7.03. The van der Waals surface area contributed by atoms with Crippen LogP contribution >= 0.6 is 0 Å². The summed E-state index contributed by atoms with van der Waals surface area (Å²) in [7, 11) is 3.95. The molecule has 3 N–H and O–H groups in total. The zero-order valence-electron chi connectivity index (χ0n) is 14.3. The summed E-state index contributed by atoms with van der Waals surface area (Å²) in [6, 6.07) is 15.5. The van der Waals surface area contributed by atoms with Crippen molar-refractivity contribution in [1.82, 2.24) is 10.2 Å². The lowest BCUT2D eigenvalue weighted by molar-refractivity contribution is 0.190. The minimum Gasteiger partial charge on any atom is -0.497 e. The van der Waals surface area contributed by atoms with Crippen LogP contribution < -0.4 is 15.8 Å². The molecule has 24 heavy (non-hydrogen) atoms. The highest BCUT2D eigenvalue weighted by atomic mass is 16.5. The van der Waals surface area contributed by atoms with Crippen LogP contribution in [0.25, 0.3) is 0 Å². The number of likely N-dealkylation sites (tertiary alicyclic amines) is 1. The second-order valence-electron chi connectivity index (χ2n) is 7.03. The first-order chi connectivity index (χ1) is 11.7. The SMILES string of the molecule is COc1ccc2c(c1)C1CN(C)CCC1NC2c1ccc(N)cc1. The van der Waals surface area contributed by atoms with Gasteiger partial charge >= 0.3 is 0 Å². The third-order valence-corrected chi connectivity index (χ3v) is 5.47. The fraction of sp³-hybridized carbons (Fsp3) is 0.400. The molecule has 1 saturated heterocycles. The highest BCUT2D eigenvalue weighted by Crippen LogP contribution is 2.41. The van der Waals surface area contributed by atoms with Gasteiger partial charge in [0.05, 0.1) is 13.2 Å². The van der Waals surface area contributed by atoms with Crippen LogP contribution in [0.15, 0.2) is 42.5 Å². The molecule has 0 aliphatic carbocycles. The molecule has 2 heterocycles. The molecule has 126 valence electrons. The molecule has 2 aliphatic heterocycles. The molecular weight excluding hydrogens is 298 g/mol.